The van der Waals surface area contributed by atoms with Gasteiger partial charge in [-0.2, -0.15) is 0 Å². The molecule has 0 radical (unpaired) electrons. The summed E-state index contributed by atoms with van der Waals surface area (Å²) in [7, 11) is 0. The van der Waals surface area contributed by atoms with Gasteiger partial charge in [-0.25, -0.2) is 4.98 Å². The smallest absolute Gasteiger partial charge is 0.222 e. The van der Waals surface area contributed by atoms with Crippen molar-refractivity contribution in [3.63, 3.8) is 0 Å². The molecule has 34 heavy (non-hydrogen) atoms. The van der Waals surface area contributed by atoms with Crippen LogP contribution < -0.4 is 10.2 Å². The highest BCUT2D eigenvalue weighted by Crippen LogP contribution is 2.27. The molecule has 184 valence electrons. The number of anilines is 1. The summed E-state index contributed by atoms with van der Waals surface area (Å²) in [5.74, 6) is 3.08. The lowest BCUT2D eigenvalue weighted by Crippen LogP contribution is -2.50. The van der Waals surface area contributed by atoms with Crippen LogP contribution in [-0.2, 0) is 17.8 Å². The normalized spacial score (nSPS) is 24.4. The topological polar surface area (TPSA) is 77.7 Å². The number of carbonyl (C=O) groups excluding carboxylic acids is 1. The van der Waals surface area contributed by atoms with Crippen molar-refractivity contribution in [2.45, 2.75) is 45.1 Å². The summed E-state index contributed by atoms with van der Waals surface area (Å²) in [6.07, 6.45) is 8.28. The van der Waals surface area contributed by atoms with E-state index in [2.05, 4.69) is 31.3 Å². The molecule has 3 aliphatic heterocycles. The summed E-state index contributed by atoms with van der Waals surface area (Å²) in [6.45, 7) is 8.34. The van der Waals surface area contributed by atoms with E-state index in [1.165, 1.54) is 19.3 Å². The van der Waals surface area contributed by atoms with Gasteiger partial charge in [0, 0.05) is 44.9 Å². The van der Waals surface area contributed by atoms with E-state index in [1.54, 1.807) is 0 Å². The number of nitrogens with zero attached hydrogens (tertiary/aromatic N) is 5. The second-order valence-electron chi connectivity index (χ2n) is 10.1. The molecule has 0 bridgehead atoms. The van der Waals surface area contributed by atoms with Gasteiger partial charge in [0.15, 0.2) is 5.76 Å². The van der Waals surface area contributed by atoms with Gasteiger partial charge in [0.05, 0.1) is 12.2 Å². The first-order valence-corrected chi connectivity index (χ1v) is 13.1. The number of hydrogen-bond donors (Lipinski definition) is 1. The Balaban J connectivity index is 1.12. The van der Waals surface area contributed by atoms with E-state index in [0.717, 1.165) is 89.0 Å². The summed E-state index contributed by atoms with van der Waals surface area (Å²) in [4.78, 5) is 24.4. The molecule has 5 heterocycles. The first kappa shape index (κ1) is 23.3. The van der Waals surface area contributed by atoms with E-state index in [9.17, 15) is 4.79 Å². The minimum atomic E-state index is 0.295. The SMILES string of the molecule is O=C(CC1CCNCC1Cc1cc(CN2CCCCC2)on1)N1CCN(c2ccccn2)CC1. The third-order valence-electron chi connectivity index (χ3n) is 7.71. The van der Waals surface area contributed by atoms with Gasteiger partial charge in [-0.05, 0) is 75.8 Å². The third-order valence-corrected chi connectivity index (χ3v) is 7.71. The van der Waals surface area contributed by atoms with Crippen molar-refractivity contribution in [2.24, 2.45) is 11.8 Å². The lowest BCUT2D eigenvalue weighted by atomic mass is 9.81. The highest BCUT2D eigenvalue weighted by molar-refractivity contribution is 5.76. The summed E-state index contributed by atoms with van der Waals surface area (Å²) >= 11 is 0. The maximum Gasteiger partial charge on any atom is 0.222 e. The number of nitrogens with one attached hydrogen (secondary N) is 1. The third kappa shape index (κ3) is 5.96. The van der Waals surface area contributed by atoms with Crippen molar-refractivity contribution >= 4 is 11.7 Å². The molecule has 3 aliphatic rings. The molecule has 3 fully saturated rings. The highest BCUT2D eigenvalue weighted by Gasteiger charge is 2.31. The maximum atomic E-state index is 13.2. The molecule has 1 N–H and O–H groups in total. The van der Waals surface area contributed by atoms with Crippen LogP contribution >= 0.6 is 0 Å². The van der Waals surface area contributed by atoms with Gasteiger partial charge in [0.2, 0.25) is 5.91 Å². The maximum absolute atomic E-state index is 13.2. The minimum absolute atomic E-state index is 0.295. The van der Waals surface area contributed by atoms with Gasteiger partial charge in [-0.15, -0.1) is 0 Å². The van der Waals surface area contributed by atoms with E-state index in [0.29, 0.717) is 24.2 Å². The van der Waals surface area contributed by atoms with Crippen LogP contribution in [0.5, 0.6) is 0 Å². The number of aromatic nitrogens is 2. The van der Waals surface area contributed by atoms with E-state index in [-0.39, 0.29) is 0 Å². The quantitative estimate of drug-likeness (QED) is 0.672. The Bertz CT molecular complexity index is 905. The Kier molecular flexibility index (Phi) is 7.76. The molecule has 2 unspecified atom stereocenters. The predicted octanol–water partition coefficient (Wildman–Crippen LogP) is 2.56. The average Bonchev–Trinajstić information content (AvgIpc) is 3.33. The first-order valence-electron chi connectivity index (χ1n) is 13.1. The molecule has 3 saturated heterocycles. The van der Waals surface area contributed by atoms with Crippen LogP contribution in [0.3, 0.4) is 0 Å². The number of hydrogen-bond acceptors (Lipinski definition) is 7. The number of piperidine rings is 2. The zero-order valence-corrected chi connectivity index (χ0v) is 20.2. The molecular weight excluding hydrogens is 428 g/mol. The Morgan fingerprint density at radius 2 is 1.91 bits per heavy atom. The molecule has 0 saturated carbocycles. The lowest BCUT2D eigenvalue weighted by Gasteiger charge is -2.37. The largest absolute Gasteiger partial charge is 0.360 e. The Morgan fingerprint density at radius 1 is 1.06 bits per heavy atom. The zero-order valence-electron chi connectivity index (χ0n) is 20.2. The van der Waals surface area contributed by atoms with Gasteiger partial charge >= 0.3 is 0 Å². The van der Waals surface area contributed by atoms with Crippen LogP contribution in [0.2, 0.25) is 0 Å². The standard InChI is InChI=1S/C26H38N6O2/c33-26(32-14-12-31(13-15-32)25-6-2-3-8-28-25)17-21-7-9-27-19-22(21)16-23-18-24(34-29-23)20-30-10-4-1-5-11-30/h2-3,6,8,18,21-22,27H,1,4-5,7,9-17,19-20H2. The minimum Gasteiger partial charge on any atom is -0.360 e. The van der Waals surface area contributed by atoms with Crippen molar-refractivity contribution in [2.75, 3.05) is 57.3 Å². The van der Waals surface area contributed by atoms with Crippen LogP contribution in [-0.4, -0.2) is 78.2 Å². The fourth-order valence-corrected chi connectivity index (χ4v) is 5.70. The molecule has 2 aromatic rings. The van der Waals surface area contributed by atoms with Gasteiger partial charge < -0.3 is 19.6 Å². The molecule has 5 rings (SSSR count). The van der Waals surface area contributed by atoms with Gasteiger partial charge in [0.1, 0.15) is 5.82 Å². The number of amides is 1. The van der Waals surface area contributed by atoms with Crippen molar-refractivity contribution in [1.29, 1.82) is 0 Å². The second kappa shape index (κ2) is 11.3. The number of pyridine rings is 1. The van der Waals surface area contributed by atoms with E-state index < -0.39 is 0 Å². The van der Waals surface area contributed by atoms with Crippen molar-refractivity contribution in [1.82, 2.24) is 25.3 Å². The van der Waals surface area contributed by atoms with Crippen LogP contribution in [0.4, 0.5) is 5.82 Å². The molecule has 0 aromatic carbocycles. The fourth-order valence-electron chi connectivity index (χ4n) is 5.70. The van der Waals surface area contributed by atoms with Crippen molar-refractivity contribution < 1.29 is 9.32 Å². The summed E-state index contributed by atoms with van der Waals surface area (Å²) in [5, 5.41) is 7.91. The van der Waals surface area contributed by atoms with Crippen molar-refractivity contribution in [3.8, 4) is 0 Å². The summed E-state index contributed by atoms with van der Waals surface area (Å²) in [6, 6.07) is 8.13. The highest BCUT2D eigenvalue weighted by atomic mass is 16.5. The van der Waals surface area contributed by atoms with Crippen LogP contribution in [0, 0.1) is 11.8 Å². The number of rotatable bonds is 7. The average molecular weight is 467 g/mol. The fraction of sp³-hybridized carbons (Fsp3) is 0.654. The lowest BCUT2D eigenvalue weighted by molar-refractivity contribution is -0.133. The molecular formula is C26H38N6O2. The van der Waals surface area contributed by atoms with Crippen LogP contribution in [0.25, 0.3) is 0 Å². The van der Waals surface area contributed by atoms with Crippen LogP contribution in [0.1, 0.15) is 43.6 Å². The number of piperazine rings is 1. The second-order valence-corrected chi connectivity index (χ2v) is 10.1. The predicted molar refractivity (Wildman–Crippen MR) is 131 cm³/mol. The van der Waals surface area contributed by atoms with Gasteiger partial charge in [-0.1, -0.05) is 17.6 Å². The Labute approximate surface area is 202 Å². The first-order chi connectivity index (χ1) is 16.7. The molecule has 1 amide bonds. The molecule has 0 spiro atoms. The molecule has 8 heteroatoms. The molecule has 8 nitrogen and oxygen atoms in total. The Hall–Kier alpha value is -2.45. The van der Waals surface area contributed by atoms with Crippen molar-refractivity contribution in [3.05, 3.63) is 41.9 Å². The summed E-state index contributed by atoms with van der Waals surface area (Å²) in [5.41, 5.74) is 1.03. The van der Waals surface area contributed by atoms with E-state index >= 15 is 0 Å². The van der Waals surface area contributed by atoms with Gasteiger partial charge in [-0.3, -0.25) is 9.69 Å². The monoisotopic (exact) mass is 466 g/mol. The van der Waals surface area contributed by atoms with Gasteiger partial charge in [0.25, 0.3) is 0 Å². The number of likely N-dealkylation sites (tertiary alicyclic amines) is 1. The number of carbonyl (C=O) groups is 1. The Morgan fingerprint density at radius 3 is 2.71 bits per heavy atom. The van der Waals surface area contributed by atoms with E-state index in [1.807, 2.05) is 29.3 Å². The van der Waals surface area contributed by atoms with E-state index in [4.69, 9.17) is 4.52 Å². The summed E-state index contributed by atoms with van der Waals surface area (Å²) < 4.78 is 5.67. The molecule has 2 atom stereocenters. The zero-order chi connectivity index (χ0) is 23.2. The molecule has 0 aliphatic carbocycles. The van der Waals surface area contributed by atoms with Crippen LogP contribution in [0.15, 0.2) is 35.0 Å². The molecule has 2 aromatic heterocycles.